The van der Waals surface area contributed by atoms with E-state index in [1.807, 2.05) is 36.4 Å². The molecule has 0 radical (unpaired) electrons. The van der Waals surface area contributed by atoms with Gasteiger partial charge in [-0.1, -0.05) is 36.3 Å². The van der Waals surface area contributed by atoms with E-state index in [1.165, 1.54) is 0 Å². The molecule has 1 saturated carbocycles. The molecule has 2 aliphatic heterocycles. The predicted molar refractivity (Wildman–Crippen MR) is 185 cm³/mol. The molecular weight excluding hydrogens is 666 g/mol. The van der Waals surface area contributed by atoms with E-state index in [4.69, 9.17) is 14.0 Å². The molecular formula is C38H33N7O7. The van der Waals surface area contributed by atoms with Gasteiger partial charge in [0, 0.05) is 43.8 Å². The first-order valence-corrected chi connectivity index (χ1v) is 17.0. The van der Waals surface area contributed by atoms with Gasteiger partial charge in [-0.05, 0) is 60.0 Å². The second-order valence-corrected chi connectivity index (χ2v) is 13.1. The summed E-state index contributed by atoms with van der Waals surface area (Å²) in [5, 5.41) is 9.47. The van der Waals surface area contributed by atoms with Crippen LogP contribution < -0.4 is 20.1 Å². The van der Waals surface area contributed by atoms with Gasteiger partial charge in [-0.25, -0.2) is 9.97 Å². The van der Waals surface area contributed by atoms with Crippen molar-refractivity contribution >= 4 is 29.3 Å². The van der Waals surface area contributed by atoms with Crippen LogP contribution in [0.3, 0.4) is 0 Å². The van der Waals surface area contributed by atoms with Gasteiger partial charge in [0.2, 0.25) is 29.4 Å². The number of carbonyl (C=O) groups is 4. The van der Waals surface area contributed by atoms with Crippen molar-refractivity contribution < 1.29 is 33.2 Å². The molecule has 4 heterocycles. The Bertz CT molecular complexity index is 2180. The third-order valence-corrected chi connectivity index (χ3v) is 9.56. The van der Waals surface area contributed by atoms with E-state index in [9.17, 15) is 19.2 Å². The number of hydrogen-bond acceptors (Lipinski definition) is 12. The zero-order valence-electron chi connectivity index (χ0n) is 28.2. The predicted octanol–water partition coefficient (Wildman–Crippen LogP) is 5.20. The number of aromatic nitrogens is 4. The van der Waals surface area contributed by atoms with E-state index in [-0.39, 0.29) is 42.0 Å². The quantitative estimate of drug-likeness (QED) is 0.182. The van der Waals surface area contributed by atoms with Crippen LogP contribution in [-0.2, 0) is 9.59 Å². The normalized spacial score (nSPS) is 20.2. The van der Waals surface area contributed by atoms with Crippen LogP contribution in [0.2, 0.25) is 0 Å². The van der Waals surface area contributed by atoms with Crippen molar-refractivity contribution in [1.82, 2.24) is 30.3 Å². The number of nitrogens with one attached hydrogen (secondary N) is 2. The largest absolute Gasteiger partial charge is 0.490 e. The molecule has 52 heavy (non-hydrogen) atoms. The number of hydrogen-bond donors (Lipinski definition) is 2. The van der Waals surface area contributed by atoms with Gasteiger partial charge in [0.1, 0.15) is 23.6 Å². The van der Waals surface area contributed by atoms with E-state index in [1.54, 1.807) is 37.5 Å². The molecule has 3 aromatic carbocycles. The van der Waals surface area contributed by atoms with Crippen molar-refractivity contribution in [2.45, 2.75) is 63.6 Å². The highest BCUT2D eigenvalue weighted by Gasteiger charge is 2.44. The number of rotatable bonds is 10. The Hall–Kier alpha value is -6.44. The number of carbonyl (C=O) groups excluding carboxylic acids is 4. The van der Waals surface area contributed by atoms with Crippen molar-refractivity contribution in [3.05, 3.63) is 107 Å². The van der Waals surface area contributed by atoms with E-state index < -0.39 is 29.7 Å². The zero-order chi connectivity index (χ0) is 35.9. The molecule has 2 fully saturated rings. The monoisotopic (exact) mass is 699 g/mol. The fourth-order valence-electron chi connectivity index (χ4n) is 6.63. The number of aryl methyl sites for hydroxylation is 1. The fourth-order valence-corrected chi connectivity index (χ4v) is 6.63. The minimum absolute atomic E-state index is 0.0405. The molecule has 1 saturated heterocycles. The Labute approximate surface area is 297 Å². The van der Waals surface area contributed by atoms with Crippen molar-refractivity contribution in [1.29, 1.82) is 0 Å². The Morgan fingerprint density at radius 2 is 1.52 bits per heavy atom. The summed E-state index contributed by atoms with van der Waals surface area (Å²) in [4.78, 5) is 63.6. The van der Waals surface area contributed by atoms with Gasteiger partial charge in [-0.3, -0.25) is 29.4 Å². The number of imide groups is 2. The van der Waals surface area contributed by atoms with Crippen molar-refractivity contribution in [3.8, 4) is 28.9 Å². The first-order valence-electron chi connectivity index (χ1n) is 17.0. The van der Waals surface area contributed by atoms with Crippen LogP contribution in [0.5, 0.6) is 17.2 Å². The summed E-state index contributed by atoms with van der Waals surface area (Å²) in [6.45, 7) is 3.85. The summed E-state index contributed by atoms with van der Waals surface area (Å²) < 4.78 is 17.1. The lowest BCUT2D eigenvalue weighted by Gasteiger charge is -2.36. The summed E-state index contributed by atoms with van der Waals surface area (Å²) in [6.07, 6.45) is 4.92. The van der Waals surface area contributed by atoms with Gasteiger partial charge in [-0.15, -0.1) is 0 Å². The number of amides is 4. The molecule has 2 N–H and O–H groups in total. The molecule has 0 spiro atoms. The van der Waals surface area contributed by atoms with Gasteiger partial charge in [0.15, 0.2) is 5.75 Å². The summed E-state index contributed by atoms with van der Waals surface area (Å²) in [7, 11) is 0. The number of piperidine rings is 1. The summed E-state index contributed by atoms with van der Waals surface area (Å²) >= 11 is 0. The third-order valence-electron chi connectivity index (χ3n) is 9.56. The Balaban J connectivity index is 0.813. The third kappa shape index (κ3) is 6.45. The minimum atomic E-state index is -0.989. The average Bonchev–Trinajstić information content (AvgIpc) is 3.67. The average molecular weight is 700 g/mol. The van der Waals surface area contributed by atoms with E-state index >= 15 is 0 Å². The molecule has 14 nitrogen and oxygen atoms in total. The fraction of sp³-hybridized carbons (Fsp3) is 0.263. The van der Waals surface area contributed by atoms with Gasteiger partial charge >= 0.3 is 0 Å². The molecule has 14 heteroatoms. The molecule has 5 aromatic rings. The van der Waals surface area contributed by atoms with Gasteiger partial charge in [0.25, 0.3) is 11.8 Å². The molecule has 8 rings (SSSR count). The van der Waals surface area contributed by atoms with E-state index in [0.717, 1.165) is 34.6 Å². The van der Waals surface area contributed by atoms with Crippen LogP contribution >= 0.6 is 0 Å². The maximum atomic E-state index is 13.2. The molecule has 1 aliphatic carbocycles. The van der Waals surface area contributed by atoms with Crippen LogP contribution in [-0.4, -0.2) is 66.8 Å². The van der Waals surface area contributed by atoms with Gasteiger partial charge in [-0.2, -0.15) is 4.98 Å². The molecule has 2 unspecified atom stereocenters. The van der Waals surface area contributed by atoms with Crippen LogP contribution in [0.25, 0.3) is 11.6 Å². The highest BCUT2D eigenvalue weighted by molar-refractivity contribution is 6.23. The lowest BCUT2D eigenvalue weighted by atomic mass is 9.88. The number of benzene rings is 3. The molecule has 0 bridgehead atoms. The van der Waals surface area contributed by atoms with Crippen LogP contribution in [0.15, 0.2) is 83.6 Å². The summed E-state index contributed by atoms with van der Waals surface area (Å²) in [6, 6.07) is 20.2. The SMILES string of the molecule is Cc1nc(-c2ncc(Oc3ccc(C(C)c4ccc(OC5CC(Nc6ccc7c(c6)C(=O)N(C6CCC(=O)NC6=O)C7=O)C5)cc4)cc3)cn2)no1. The van der Waals surface area contributed by atoms with Gasteiger partial charge < -0.3 is 19.3 Å². The zero-order valence-corrected chi connectivity index (χ0v) is 28.2. The second-order valence-electron chi connectivity index (χ2n) is 13.1. The van der Waals surface area contributed by atoms with Crippen molar-refractivity contribution in [2.24, 2.45) is 0 Å². The standard InChI is InChI=1S/C38H33N7O7/c1-20(23-5-10-27(11-6-23)51-29-18-39-34(40-19-29)35-41-21(2)52-44-35)22-3-8-26(9-4-22)50-28-15-25(16-28)42-24-7-12-30-31(17-24)38(49)45(37(30)48)32-13-14-33(46)43-36(32)47/h3-12,17-20,25,28,32,42H,13-16H2,1-2H3,(H,43,46,47). The number of fused-ring (bicyclic) bond motifs is 1. The van der Waals surface area contributed by atoms with Crippen molar-refractivity contribution in [2.75, 3.05) is 5.32 Å². The van der Waals surface area contributed by atoms with Gasteiger partial charge in [0.05, 0.1) is 23.5 Å². The maximum absolute atomic E-state index is 13.2. The van der Waals surface area contributed by atoms with Crippen LogP contribution in [0.1, 0.15) is 76.3 Å². The lowest BCUT2D eigenvalue weighted by molar-refractivity contribution is -0.136. The lowest BCUT2D eigenvalue weighted by Crippen LogP contribution is -2.54. The highest BCUT2D eigenvalue weighted by atomic mass is 16.5. The maximum Gasteiger partial charge on any atom is 0.262 e. The van der Waals surface area contributed by atoms with E-state index in [2.05, 4.69) is 49.8 Å². The second kappa shape index (κ2) is 13.4. The highest BCUT2D eigenvalue weighted by Crippen LogP contribution is 2.34. The summed E-state index contributed by atoms with van der Waals surface area (Å²) in [5.41, 5.74) is 3.50. The Morgan fingerprint density at radius 1 is 0.846 bits per heavy atom. The molecule has 262 valence electrons. The molecule has 4 amide bonds. The van der Waals surface area contributed by atoms with Crippen molar-refractivity contribution in [3.63, 3.8) is 0 Å². The minimum Gasteiger partial charge on any atom is -0.490 e. The number of anilines is 1. The topological polar surface area (TPSA) is 179 Å². The Kier molecular flexibility index (Phi) is 8.41. The number of ether oxygens (including phenoxy) is 2. The molecule has 3 aliphatic rings. The van der Waals surface area contributed by atoms with Crippen LogP contribution in [0.4, 0.5) is 5.69 Å². The smallest absolute Gasteiger partial charge is 0.262 e. The molecule has 2 atom stereocenters. The number of nitrogens with zero attached hydrogens (tertiary/aromatic N) is 5. The molecule has 2 aromatic heterocycles. The van der Waals surface area contributed by atoms with Crippen LogP contribution in [0, 0.1) is 6.92 Å². The van der Waals surface area contributed by atoms with E-state index in [0.29, 0.717) is 34.7 Å². The first kappa shape index (κ1) is 32.7. The first-order chi connectivity index (χ1) is 25.2. The Morgan fingerprint density at radius 3 is 2.17 bits per heavy atom. The summed E-state index contributed by atoms with van der Waals surface area (Å²) in [5.74, 6) is 1.14.